The number of alkyl halides is 3. The monoisotopic (exact) mass is 485 g/mol. The lowest BCUT2D eigenvalue weighted by atomic mass is 9.91. The van der Waals surface area contributed by atoms with Crippen molar-refractivity contribution < 1.29 is 22.8 Å². The van der Waals surface area contributed by atoms with Gasteiger partial charge in [-0.1, -0.05) is 35.3 Å². The number of amides is 2. The fraction of sp³-hybridized carbons (Fsp3) is 0.318. The number of rotatable bonds is 3. The van der Waals surface area contributed by atoms with Crippen molar-refractivity contribution >= 4 is 40.6 Å². The number of hydrogen-bond acceptors (Lipinski definition) is 3. The Morgan fingerprint density at radius 2 is 1.78 bits per heavy atom. The molecule has 2 aromatic rings. The molecule has 2 aromatic carbocycles. The van der Waals surface area contributed by atoms with Gasteiger partial charge in [-0.05, 0) is 55.7 Å². The Morgan fingerprint density at radius 3 is 2.41 bits per heavy atom. The van der Waals surface area contributed by atoms with E-state index in [1.807, 2.05) is 6.92 Å². The molecule has 4 rings (SSSR count). The summed E-state index contributed by atoms with van der Waals surface area (Å²) >= 11 is 11.9. The zero-order valence-electron chi connectivity index (χ0n) is 17.0. The highest BCUT2D eigenvalue weighted by Gasteiger charge is 2.59. The largest absolute Gasteiger partial charge is 0.428 e. The maximum Gasteiger partial charge on any atom is 0.428 e. The lowest BCUT2D eigenvalue weighted by molar-refractivity contribution is -0.269. The summed E-state index contributed by atoms with van der Waals surface area (Å²) in [6.45, 7) is 3.17. The number of nitrogens with one attached hydrogen (secondary N) is 2. The molecule has 10 heteroatoms. The van der Waals surface area contributed by atoms with E-state index in [4.69, 9.17) is 28.0 Å². The van der Waals surface area contributed by atoms with Gasteiger partial charge in [0.1, 0.15) is 0 Å². The molecule has 32 heavy (non-hydrogen) atoms. The molecule has 0 bridgehead atoms. The van der Waals surface area contributed by atoms with Crippen molar-refractivity contribution in [1.82, 2.24) is 10.4 Å². The number of likely N-dealkylation sites (tertiary alicyclic amines) is 1. The molecule has 0 saturated carbocycles. The van der Waals surface area contributed by atoms with Gasteiger partial charge in [0.05, 0.1) is 5.70 Å². The molecule has 0 spiro atoms. The summed E-state index contributed by atoms with van der Waals surface area (Å²) in [5.41, 5.74) is 1.19. The van der Waals surface area contributed by atoms with Gasteiger partial charge in [0.25, 0.3) is 0 Å². The molecule has 2 heterocycles. The molecule has 0 aromatic heterocycles. The minimum atomic E-state index is -4.80. The number of carbonyl (C=O) groups is 1. The Labute approximate surface area is 193 Å². The minimum absolute atomic E-state index is 0.0591. The third kappa shape index (κ3) is 4.27. The maximum absolute atomic E-state index is 14.2. The molecule has 0 aliphatic carbocycles. The molecule has 2 aliphatic rings. The van der Waals surface area contributed by atoms with E-state index < -0.39 is 11.8 Å². The van der Waals surface area contributed by atoms with Gasteiger partial charge in [-0.3, -0.25) is 10.3 Å². The van der Waals surface area contributed by atoms with Gasteiger partial charge in [-0.15, -0.1) is 0 Å². The van der Waals surface area contributed by atoms with Crippen molar-refractivity contribution in [3.05, 3.63) is 69.2 Å². The fourth-order valence-electron chi connectivity index (χ4n) is 3.79. The van der Waals surface area contributed by atoms with Crippen LogP contribution in [-0.2, 0) is 10.4 Å². The van der Waals surface area contributed by atoms with E-state index in [9.17, 15) is 18.0 Å². The van der Waals surface area contributed by atoms with Gasteiger partial charge in [0, 0.05) is 39.9 Å². The lowest BCUT2D eigenvalue weighted by Gasteiger charge is -2.28. The highest BCUT2D eigenvalue weighted by atomic mass is 35.5. The Morgan fingerprint density at radius 1 is 1.12 bits per heavy atom. The molecule has 0 radical (unpaired) electrons. The summed E-state index contributed by atoms with van der Waals surface area (Å²) in [6.07, 6.45) is -1.94. The van der Waals surface area contributed by atoms with Crippen molar-refractivity contribution in [2.45, 2.75) is 31.5 Å². The van der Waals surface area contributed by atoms with Crippen LogP contribution in [-0.4, -0.2) is 30.2 Å². The first-order valence-corrected chi connectivity index (χ1v) is 10.7. The Hall–Kier alpha value is -2.42. The normalized spacial score (nSPS) is 20.8. The van der Waals surface area contributed by atoms with Crippen LogP contribution >= 0.6 is 23.2 Å². The second kappa shape index (κ2) is 8.50. The number of benzene rings is 2. The van der Waals surface area contributed by atoms with Gasteiger partial charge in [0.2, 0.25) is 5.60 Å². The van der Waals surface area contributed by atoms with Crippen LogP contribution in [0.3, 0.4) is 0 Å². The van der Waals surface area contributed by atoms with Gasteiger partial charge < -0.3 is 10.2 Å². The minimum Gasteiger partial charge on any atom is -0.325 e. The molecule has 2 aliphatic heterocycles. The zero-order chi connectivity index (χ0) is 23.1. The summed E-state index contributed by atoms with van der Waals surface area (Å²) in [4.78, 5) is 19.3. The predicted octanol–water partition coefficient (Wildman–Crippen LogP) is 6.26. The number of urea groups is 1. The molecule has 2 N–H and O–H groups in total. The number of anilines is 1. The number of carbonyl (C=O) groups excluding carboxylic acids is 1. The highest BCUT2D eigenvalue weighted by molar-refractivity contribution is 6.34. The van der Waals surface area contributed by atoms with E-state index in [0.29, 0.717) is 24.3 Å². The first-order chi connectivity index (χ1) is 15.1. The number of hydroxylamine groups is 1. The van der Waals surface area contributed by atoms with E-state index in [2.05, 4.69) is 10.8 Å². The van der Waals surface area contributed by atoms with Crippen LogP contribution in [0.15, 0.2) is 42.5 Å². The summed E-state index contributed by atoms with van der Waals surface area (Å²) in [7, 11) is 0. The number of nitrogens with zero attached hydrogens (tertiary/aromatic N) is 1. The Kier molecular flexibility index (Phi) is 6.04. The molecular formula is C22H20Cl2F3N3O2. The van der Waals surface area contributed by atoms with Crippen molar-refractivity contribution in [1.29, 1.82) is 0 Å². The number of aryl methyl sites for hydroxylation is 1. The second-order valence-corrected chi connectivity index (χ2v) is 8.68. The van der Waals surface area contributed by atoms with E-state index in [0.717, 1.165) is 24.5 Å². The molecule has 2 amide bonds. The van der Waals surface area contributed by atoms with Crippen LogP contribution < -0.4 is 10.8 Å². The molecular weight excluding hydrogens is 466 g/mol. The first-order valence-electron chi connectivity index (χ1n) is 9.96. The molecule has 1 fully saturated rings. The van der Waals surface area contributed by atoms with Crippen LogP contribution in [0.25, 0.3) is 5.70 Å². The predicted molar refractivity (Wildman–Crippen MR) is 117 cm³/mol. The van der Waals surface area contributed by atoms with Gasteiger partial charge >= 0.3 is 12.2 Å². The average molecular weight is 486 g/mol. The summed E-state index contributed by atoms with van der Waals surface area (Å²) in [6, 6.07) is 8.44. The van der Waals surface area contributed by atoms with Gasteiger partial charge in [-0.2, -0.15) is 13.2 Å². The number of halogens is 5. The zero-order valence-corrected chi connectivity index (χ0v) is 18.5. The van der Waals surface area contributed by atoms with E-state index >= 15 is 0 Å². The molecule has 5 nitrogen and oxygen atoms in total. The van der Waals surface area contributed by atoms with E-state index in [-0.39, 0.29) is 27.3 Å². The summed E-state index contributed by atoms with van der Waals surface area (Å²) < 4.78 is 42.6. The third-order valence-electron chi connectivity index (χ3n) is 5.57. The standard InChI is InChI=1S/C22H20Cl2F3N3O2/c1-13-4-5-14(8-18(13)28-20(31)30-6-2-3-7-30)19-12-21(32-29-19,22(25,26)27)15-9-16(23)11-17(24)10-15/h4-5,8-12,29H,2-3,6-7H2,1H3,(H,28,31). The smallest absolute Gasteiger partial charge is 0.325 e. The maximum atomic E-state index is 14.2. The average Bonchev–Trinajstić information content (AvgIpc) is 3.39. The van der Waals surface area contributed by atoms with Crippen molar-refractivity contribution in [2.75, 3.05) is 18.4 Å². The lowest BCUT2D eigenvalue weighted by Crippen LogP contribution is -2.42. The Balaban J connectivity index is 1.70. The van der Waals surface area contributed by atoms with Crippen LogP contribution in [0.4, 0.5) is 23.7 Å². The first kappa shape index (κ1) is 22.8. The quantitative estimate of drug-likeness (QED) is 0.539. The molecule has 1 saturated heterocycles. The third-order valence-corrected chi connectivity index (χ3v) is 6.00. The van der Waals surface area contributed by atoms with Crippen molar-refractivity contribution in [3.8, 4) is 0 Å². The molecule has 170 valence electrons. The van der Waals surface area contributed by atoms with E-state index in [1.165, 1.54) is 18.2 Å². The van der Waals surface area contributed by atoms with Crippen LogP contribution in [0.2, 0.25) is 10.0 Å². The highest BCUT2D eigenvalue weighted by Crippen LogP contribution is 2.48. The van der Waals surface area contributed by atoms with Crippen LogP contribution in [0, 0.1) is 6.92 Å². The van der Waals surface area contributed by atoms with Crippen LogP contribution in [0.5, 0.6) is 0 Å². The van der Waals surface area contributed by atoms with Gasteiger partial charge in [0.15, 0.2) is 0 Å². The van der Waals surface area contributed by atoms with Gasteiger partial charge in [-0.25, -0.2) is 4.79 Å². The SMILES string of the molecule is Cc1ccc(C2=CC(c3cc(Cl)cc(Cl)c3)(C(F)(F)F)ON2)cc1NC(=O)N1CCCC1. The topological polar surface area (TPSA) is 53.6 Å². The Bertz CT molecular complexity index is 1060. The van der Waals surface area contributed by atoms with Crippen molar-refractivity contribution in [3.63, 3.8) is 0 Å². The van der Waals surface area contributed by atoms with Crippen LogP contribution in [0.1, 0.15) is 29.5 Å². The number of hydrogen-bond donors (Lipinski definition) is 2. The van der Waals surface area contributed by atoms with E-state index in [1.54, 1.807) is 23.1 Å². The molecule has 1 unspecified atom stereocenters. The second-order valence-electron chi connectivity index (χ2n) is 7.81. The van der Waals surface area contributed by atoms with Crippen molar-refractivity contribution in [2.24, 2.45) is 0 Å². The molecule has 1 atom stereocenters. The summed E-state index contributed by atoms with van der Waals surface area (Å²) in [5.74, 6) is 0. The fourth-order valence-corrected chi connectivity index (χ4v) is 4.32. The summed E-state index contributed by atoms with van der Waals surface area (Å²) in [5, 5.41) is 2.97.